The first-order valence-electron chi connectivity index (χ1n) is 8.23. The van der Waals surface area contributed by atoms with E-state index in [0.717, 1.165) is 4.90 Å². The Morgan fingerprint density at radius 3 is 2.04 bits per heavy atom. The van der Waals surface area contributed by atoms with Crippen LogP contribution in [0.5, 0.6) is 0 Å². The highest BCUT2D eigenvalue weighted by Gasteiger charge is 2.35. The van der Waals surface area contributed by atoms with Gasteiger partial charge < -0.3 is 4.74 Å². The molecule has 6 heteroatoms. The number of carbonyl (C=O) groups is 4. The van der Waals surface area contributed by atoms with Gasteiger partial charge in [0.1, 0.15) is 0 Å². The molecule has 0 saturated heterocycles. The number of ketones is 1. The molecule has 0 aliphatic carbocycles. The largest absolute Gasteiger partial charge is 0.454 e. The van der Waals surface area contributed by atoms with Crippen LogP contribution in [-0.2, 0) is 9.53 Å². The summed E-state index contributed by atoms with van der Waals surface area (Å²) >= 11 is 0. The van der Waals surface area contributed by atoms with Gasteiger partial charge in [0.05, 0.1) is 17.5 Å². The van der Waals surface area contributed by atoms with E-state index in [-0.39, 0.29) is 18.7 Å². The Hall–Kier alpha value is -3.28. The number of benzene rings is 2. The van der Waals surface area contributed by atoms with E-state index in [1.54, 1.807) is 54.6 Å². The van der Waals surface area contributed by atoms with Gasteiger partial charge in [0.2, 0.25) is 5.78 Å². The zero-order valence-electron chi connectivity index (χ0n) is 14.2. The summed E-state index contributed by atoms with van der Waals surface area (Å²) in [5, 5.41) is 0. The minimum Gasteiger partial charge on any atom is -0.454 e. The van der Waals surface area contributed by atoms with Crippen LogP contribution < -0.4 is 0 Å². The van der Waals surface area contributed by atoms with Gasteiger partial charge in [0.25, 0.3) is 11.8 Å². The van der Waals surface area contributed by atoms with Gasteiger partial charge in [-0.15, -0.1) is 0 Å². The molecule has 0 radical (unpaired) electrons. The van der Waals surface area contributed by atoms with Gasteiger partial charge in [0, 0.05) is 12.1 Å². The third-order valence-electron chi connectivity index (χ3n) is 4.15. The molecule has 1 aliphatic rings. The Bertz CT molecular complexity index is 840. The van der Waals surface area contributed by atoms with Crippen molar-refractivity contribution in [2.24, 2.45) is 0 Å². The summed E-state index contributed by atoms with van der Waals surface area (Å²) in [6.45, 7) is 1.41. The van der Waals surface area contributed by atoms with Crippen molar-refractivity contribution < 1.29 is 23.9 Å². The Balaban J connectivity index is 1.56. The molecule has 0 saturated carbocycles. The molecule has 0 bridgehead atoms. The number of amides is 2. The summed E-state index contributed by atoms with van der Waals surface area (Å²) < 4.78 is 5.14. The van der Waals surface area contributed by atoms with Crippen molar-refractivity contribution in [3.05, 3.63) is 71.3 Å². The van der Waals surface area contributed by atoms with Gasteiger partial charge in [-0.2, -0.15) is 0 Å². The van der Waals surface area contributed by atoms with E-state index in [1.807, 2.05) is 0 Å². The Labute approximate surface area is 150 Å². The van der Waals surface area contributed by atoms with Crippen LogP contribution in [0.2, 0.25) is 0 Å². The van der Waals surface area contributed by atoms with E-state index in [4.69, 9.17) is 4.74 Å². The van der Waals surface area contributed by atoms with E-state index in [2.05, 4.69) is 0 Å². The first-order valence-corrected chi connectivity index (χ1v) is 8.23. The second kappa shape index (κ2) is 7.31. The number of ether oxygens (including phenoxy) is 1. The maximum absolute atomic E-state index is 12.2. The number of hydrogen-bond acceptors (Lipinski definition) is 5. The predicted molar refractivity (Wildman–Crippen MR) is 92.8 cm³/mol. The Morgan fingerprint density at radius 2 is 1.46 bits per heavy atom. The van der Waals surface area contributed by atoms with E-state index < -0.39 is 23.9 Å². The van der Waals surface area contributed by atoms with Crippen LogP contribution in [0.4, 0.5) is 0 Å². The van der Waals surface area contributed by atoms with E-state index in [1.165, 1.54) is 6.92 Å². The lowest BCUT2D eigenvalue weighted by atomic mass is 10.1. The molecule has 0 fully saturated rings. The molecule has 0 unspecified atom stereocenters. The molecule has 2 amide bonds. The average Bonchev–Trinajstić information content (AvgIpc) is 2.91. The summed E-state index contributed by atoms with van der Waals surface area (Å²) in [4.78, 5) is 49.7. The topological polar surface area (TPSA) is 80.8 Å². The van der Waals surface area contributed by atoms with Crippen LogP contribution in [0.1, 0.15) is 44.4 Å². The highest BCUT2D eigenvalue weighted by atomic mass is 16.5. The monoisotopic (exact) mass is 351 g/mol. The van der Waals surface area contributed by atoms with Gasteiger partial charge in [-0.3, -0.25) is 24.1 Å². The van der Waals surface area contributed by atoms with Crippen LogP contribution in [0.15, 0.2) is 54.6 Å². The number of Topliss-reactive ketones (excluding diaryl/α,β-unsaturated/α-hetero) is 1. The van der Waals surface area contributed by atoms with Gasteiger partial charge >= 0.3 is 5.97 Å². The number of esters is 1. The van der Waals surface area contributed by atoms with E-state index >= 15 is 0 Å². The molecule has 0 N–H and O–H groups in total. The molecule has 2 aromatic rings. The summed E-state index contributed by atoms with van der Waals surface area (Å²) in [5.41, 5.74) is 1.12. The van der Waals surface area contributed by atoms with Crippen LogP contribution in [0, 0.1) is 0 Å². The van der Waals surface area contributed by atoms with Crippen molar-refractivity contribution in [2.45, 2.75) is 19.4 Å². The van der Waals surface area contributed by atoms with E-state index in [0.29, 0.717) is 16.7 Å². The highest BCUT2D eigenvalue weighted by Crippen LogP contribution is 2.22. The number of imide groups is 1. The fourth-order valence-corrected chi connectivity index (χ4v) is 2.79. The van der Waals surface area contributed by atoms with Crippen LogP contribution in [0.25, 0.3) is 0 Å². The van der Waals surface area contributed by atoms with Gasteiger partial charge in [-0.1, -0.05) is 42.5 Å². The third-order valence-corrected chi connectivity index (χ3v) is 4.15. The fourth-order valence-electron chi connectivity index (χ4n) is 2.79. The van der Waals surface area contributed by atoms with Gasteiger partial charge in [0.15, 0.2) is 6.10 Å². The van der Waals surface area contributed by atoms with Crippen molar-refractivity contribution in [3.63, 3.8) is 0 Å². The molecule has 2 aromatic carbocycles. The average molecular weight is 351 g/mol. The summed E-state index contributed by atoms with van der Waals surface area (Å²) in [6, 6.07) is 15.0. The quantitative estimate of drug-likeness (QED) is 0.454. The SMILES string of the molecule is C[C@H](OC(=O)CCN1C(=O)c2ccccc2C1=O)C(=O)c1ccccc1. The number of fused-ring (bicyclic) bond motifs is 1. The lowest BCUT2D eigenvalue weighted by Crippen LogP contribution is -2.33. The summed E-state index contributed by atoms with van der Waals surface area (Å²) in [6.07, 6.45) is -1.11. The van der Waals surface area contributed by atoms with Crippen molar-refractivity contribution >= 4 is 23.6 Å². The smallest absolute Gasteiger partial charge is 0.308 e. The first kappa shape index (κ1) is 17.5. The number of rotatable bonds is 6. The lowest BCUT2D eigenvalue weighted by Gasteiger charge is -2.15. The highest BCUT2D eigenvalue weighted by molar-refractivity contribution is 6.21. The maximum Gasteiger partial charge on any atom is 0.308 e. The fraction of sp³-hybridized carbons (Fsp3) is 0.200. The molecule has 1 aliphatic heterocycles. The molecule has 132 valence electrons. The van der Waals surface area contributed by atoms with Gasteiger partial charge in [-0.25, -0.2) is 0 Å². The molecular weight excluding hydrogens is 334 g/mol. The molecule has 6 nitrogen and oxygen atoms in total. The molecular formula is C20H17NO5. The predicted octanol–water partition coefficient (Wildman–Crippen LogP) is 2.49. The Kier molecular flexibility index (Phi) is 4.93. The van der Waals surface area contributed by atoms with Crippen LogP contribution in [0.3, 0.4) is 0 Å². The number of hydrogen-bond donors (Lipinski definition) is 0. The van der Waals surface area contributed by atoms with Crippen molar-refractivity contribution in [2.75, 3.05) is 6.54 Å². The van der Waals surface area contributed by atoms with Crippen LogP contribution >= 0.6 is 0 Å². The van der Waals surface area contributed by atoms with Gasteiger partial charge in [-0.05, 0) is 19.1 Å². The molecule has 1 atom stereocenters. The molecule has 1 heterocycles. The van der Waals surface area contributed by atoms with Crippen molar-refractivity contribution in [3.8, 4) is 0 Å². The van der Waals surface area contributed by atoms with Crippen molar-refractivity contribution in [1.29, 1.82) is 0 Å². The second-order valence-corrected chi connectivity index (χ2v) is 5.92. The number of carbonyl (C=O) groups excluding carboxylic acids is 4. The Morgan fingerprint density at radius 1 is 0.923 bits per heavy atom. The minimum atomic E-state index is -0.938. The first-order chi connectivity index (χ1) is 12.5. The number of nitrogens with zero attached hydrogens (tertiary/aromatic N) is 1. The summed E-state index contributed by atoms with van der Waals surface area (Å²) in [5.74, 6) is -1.79. The lowest BCUT2D eigenvalue weighted by molar-refractivity contribution is -0.146. The van der Waals surface area contributed by atoms with E-state index in [9.17, 15) is 19.2 Å². The normalized spacial score (nSPS) is 14.1. The molecule has 26 heavy (non-hydrogen) atoms. The van der Waals surface area contributed by atoms with Crippen LogP contribution in [-0.4, -0.2) is 41.1 Å². The second-order valence-electron chi connectivity index (χ2n) is 5.92. The minimum absolute atomic E-state index is 0.0859. The maximum atomic E-state index is 12.2. The standard InChI is InChI=1S/C20H17NO5/c1-13(18(23)14-7-3-2-4-8-14)26-17(22)11-12-21-19(24)15-9-5-6-10-16(15)20(21)25/h2-10,13H,11-12H2,1H3/t13-/m0/s1. The zero-order valence-corrected chi connectivity index (χ0v) is 14.2. The van der Waals surface area contributed by atoms with Crippen molar-refractivity contribution in [1.82, 2.24) is 4.90 Å². The molecule has 3 rings (SSSR count). The zero-order chi connectivity index (χ0) is 18.7. The third kappa shape index (κ3) is 3.39. The summed E-state index contributed by atoms with van der Waals surface area (Å²) in [7, 11) is 0. The molecule has 0 aromatic heterocycles. The molecule has 0 spiro atoms.